The Bertz CT molecular complexity index is 436. The third-order valence-electron chi connectivity index (χ3n) is 2.51. The molecule has 0 bridgehead atoms. The molecule has 1 aromatic heterocycles. The highest BCUT2D eigenvalue weighted by Crippen LogP contribution is 2.24. The monoisotopic (exact) mass is 222 g/mol. The van der Waals surface area contributed by atoms with Gasteiger partial charge in [-0.2, -0.15) is 0 Å². The third kappa shape index (κ3) is 1.68. The van der Waals surface area contributed by atoms with E-state index in [0.717, 1.165) is 0 Å². The highest BCUT2D eigenvalue weighted by molar-refractivity contribution is 5.99. The lowest BCUT2D eigenvalue weighted by Crippen LogP contribution is -2.31. The smallest absolute Gasteiger partial charge is 0.341 e. The summed E-state index contributed by atoms with van der Waals surface area (Å²) in [5.74, 6) is 0.143. The Morgan fingerprint density at radius 3 is 3.12 bits per heavy atom. The van der Waals surface area contributed by atoms with Gasteiger partial charge in [0.05, 0.1) is 6.61 Å². The number of ether oxygens (including phenoxy) is 1. The number of rotatable bonds is 2. The Labute approximate surface area is 93.4 Å². The molecule has 1 aliphatic rings. The van der Waals surface area contributed by atoms with E-state index in [4.69, 9.17) is 4.74 Å². The molecule has 1 unspecified atom stereocenters. The van der Waals surface area contributed by atoms with Crippen LogP contribution in [0.4, 0.5) is 5.82 Å². The van der Waals surface area contributed by atoms with Crippen LogP contribution < -0.4 is 5.32 Å². The molecule has 0 fully saturated rings. The van der Waals surface area contributed by atoms with Gasteiger partial charge < -0.3 is 10.1 Å². The first kappa shape index (κ1) is 10.7. The van der Waals surface area contributed by atoms with Crippen LogP contribution >= 0.6 is 0 Å². The van der Waals surface area contributed by atoms with Gasteiger partial charge in [-0.15, -0.1) is 0 Å². The van der Waals surface area contributed by atoms with Gasteiger partial charge in [0.2, 0.25) is 5.91 Å². The Balaban J connectivity index is 2.36. The molecule has 2 heterocycles. The number of carbonyl (C=O) groups excluding carboxylic acids is 2. The van der Waals surface area contributed by atoms with Crippen molar-refractivity contribution in [3.63, 3.8) is 0 Å². The molecular formula is C11H14N2O3. The average Bonchev–Trinajstić information content (AvgIpc) is 2.61. The van der Waals surface area contributed by atoms with E-state index in [2.05, 4.69) is 5.32 Å². The van der Waals surface area contributed by atoms with E-state index in [0.29, 0.717) is 24.4 Å². The highest BCUT2D eigenvalue weighted by Gasteiger charge is 2.26. The average molecular weight is 222 g/mol. The Morgan fingerprint density at radius 1 is 1.69 bits per heavy atom. The van der Waals surface area contributed by atoms with E-state index in [9.17, 15) is 9.59 Å². The predicted molar refractivity (Wildman–Crippen MR) is 58.7 cm³/mol. The SMILES string of the molecule is CCOC(=O)c1ccn2c1NC(C)CC2=O. The predicted octanol–water partition coefficient (Wildman–Crippen LogP) is 1.51. The molecule has 86 valence electrons. The standard InChI is InChI=1S/C11H14N2O3/c1-3-16-11(15)8-4-5-13-9(14)6-7(2)12-10(8)13/h4-5,7,12H,3,6H2,1-2H3. The summed E-state index contributed by atoms with van der Waals surface area (Å²) in [6, 6.07) is 1.65. The first-order chi connectivity index (χ1) is 7.63. The summed E-state index contributed by atoms with van der Waals surface area (Å²) in [7, 11) is 0. The fourth-order valence-electron chi connectivity index (χ4n) is 1.81. The van der Waals surface area contributed by atoms with Gasteiger partial charge in [0, 0.05) is 18.7 Å². The Morgan fingerprint density at radius 2 is 2.44 bits per heavy atom. The second kappa shape index (κ2) is 4.00. The summed E-state index contributed by atoms with van der Waals surface area (Å²) in [5, 5.41) is 3.12. The molecule has 0 amide bonds. The topological polar surface area (TPSA) is 60.3 Å². The van der Waals surface area contributed by atoms with Gasteiger partial charge in [0.1, 0.15) is 11.4 Å². The number of hydrogen-bond acceptors (Lipinski definition) is 4. The summed E-state index contributed by atoms with van der Waals surface area (Å²) in [6.07, 6.45) is 2.03. The second-order valence-electron chi connectivity index (χ2n) is 3.81. The number of carbonyl (C=O) groups is 2. The Kier molecular flexibility index (Phi) is 2.68. The number of nitrogens with one attached hydrogen (secondary N) is 1. The molecule has 0 radical (unpaired) electrons. The van der Waals surface area contributed by atoms with E-state index in [1.54, 1.807) is 19.2 Å². The molecule has 5 heteroatoms. The van der Waals surface area contributed by atoms with Crippen molar-refractivity contribution in [2.24, 2.45) is 0 Å². The molecular weight excluding hydrogens is 208 g/mol. The van der Waals surface area contributed by atoms with Crippen LogP contribution in [-0.2, 0) is 4.74 Å². The molecule has 1 aromatic rings. The van der Waals surface area contributed by atoms with Crippen LogP contribution in [0.15, 0.2) is 12.3 Å². The van der Waals surface area contributed by atoms with E-state index >= 15 is 0 Å². The maximum Gasteiger partial charge on any atom is 0.341 e. The first-order valence-corrected chi connectivity index (χ1v) is 5.31. The molecule has 0 aliphatic carbocycles. The van der Waals surface area contributed by atoms with Gasteiger partial charge in [0.25, 0.3) is 0 Å². The van der Waals surface area contributed by atoms with Crippen molar-refractivity contribution in [2.75, 3.05) is 11.9 Å². The molecule has 0 saturated carbocycles. The summed E-state index contributed by atoms with van der Waals surface area (Å²) in [4.78, 5) is 23.3. The lowest BCUT2D eigenvalue weighted by atomic mass is 10.2. The van der Waals surface area contributed by atoms with Crippen LogP contribution in [0, 0.1) is 0 Å². The lowest BCUT2D eigenvalue weighted by molar-refractivity contribution is 0.0527. The van der Waals surface area contributed by atoms with Crippen molar-refractivity contribution in [3.8, 4) is 0 Å². The van der Waals surface area contributed by atoms with E-state index in [1.165, 1.54) is 4.57 Å². The fraction of sp³-hybridized carbons (Fsp3) is 0.455. The van der Waals surface area contributed by atoms with Crippen molar-refractivity contribution in [1.29, 1.82) is 0 Å². The molecule has 2 rings (SSSR count). The van der Waals surface area contributed by atoms with Gasteiger partial charge in [-0.1, -0.05) is 0 Å². The fourth-order valence-corrected chi connectivity index (χ4v) is 1.81. The first-order valence-electron chi connectivity index (χ1n) is 5.31. The van der Waals surface area contributed by atoms with E-state index < -0.39 is 5.97 Å². The van der Waals surface area contributed by atoms with E-state index in [1.807, 2.05) is 6.92 Å². The molecule has 0 saturated heterocycles. The highest BCUT2D eigenvalue weighted by atomic mass is 16.5. The number of nitrogens with zero attached hydrogens (tertiary/aromatic N) is 1. The number of anilines is 1. The summed E-state index contributed by atoms with van der Waals surface area (Å²) < 4.78 is 6.38. The van der Waals surface area contributed by atoms with Crippen LogP contribution in [-0.4, -0.2) is 29.1 Å². The van der Waals surface area contributed by atoms with Gasteiger partial charge in [-0.25, -0.2) is 4.79 Å². The van der Waals surface area contributed by atoms with Crippen molar-refractivity contribution >= 4 is 17.7 Å². The van der Waals surface area contributed by atoms with Gasteiger partial charge >= 0.3 is 5.97 Å². The Hall–Kier alpha value is -1.78. The van der Waals surface area contributed by atoms with Crippen LogP contribution in [0.25, 0.3) is 0 Å². The van der Waals surface area contributed by atoms with Gasteiger partial charge in [-0.05, 0) is 19.9 Å². The van der Waals surface area contributed by atoms with Crippen LogP contribution in [0.5, 0.6) is 0 Å². The van der Waals surface area contributed by atoms with Crippen molar-refractivity contribution in [1.82, 2.24) is 4.57 Å². The summed E-state index contributed by atoms with van der Waals surface area (Å²) in [5.41, 5.74) is 0.418. The zero-order chi connectivity index (χ0) is 11.7. The lowest BCUT2D eigenvalue weighted by Gasteiger charge is -2.23. The van der Waals surface area contributed by atoms with Crippen molar-refractivity contribution < 1.29 is 14.3 Å². The van der Waals surface area contributed by atoms with Crippen LogP contribution in [0.2, 0.25) is 0 Å². The van der Waals surface area contributed by atoms with Crippen molar-refractivity contribution in [2.45, 2.75) is 26.3 Å². The molecule has 1 aliphatic heterocycles. The minimum absolute atomic E-state index is 0.00296. The largest absolute Gasteiger partial charge is 0.462 e. The quantitative estimate of drug-likeness (QED) is 0.770. The number of aromatic nitrogens is 1. The third-order valence-corrected chi connectivity index (χ3v) is 2.51. The number of fused-ring (bicyclic) bond motifs is 1. The van der Waals surface area contributed by atoms with Gasteiger partial charge in [-0.3, -0.25) is 9.36 Å². The molecule has 5 nitrogen and oxygen atoms in total. The second-order valence-corrected chi connectivity index (χ2v) is 3.81. The molecule has 0 aromatic carbocycles. The minimum atomic E-state index is -0.398. The van der Waals surface area contributed by atoms with E-state index in [-0.39, 0.29) is 11.9 Å². The minimum Gasteiger partial charge on any atom is -0.462 e. The maximum absolute atomic E-state index is 11.7. The number of esters is 1. The normalized spacial score (nSPS) is 18.9. The maximum atomic E-state index is 11.7. The van der Waals surface area contributed by atoms with Crippen LogP contribution in [0.1, 0.15) is 35.4 Å². The zero-order valence-electron chi connectivity index (χ0n) is 9.32. The molecule has 1 N–H and O–H groups in total. The zero-order valence-corrected chi connectivity index (χ0v) is 9.32. The van der Waals surface area contributed by atoms with Gasteiger partial charge in [0.15, 0.2) is 0 Å². The van der Waals surface area contributed by atoms with Crippen molar-refractivity contribution in [3.05, 3.63) is 17.8 Å². The molecule has 16 heavy (non-hydrogen) atoms. The molecule has 1 atom stereocenters. The van der Waals surface area contributed by atoms with Crippen LogP contribution in [0.3, 0.4) is 0 Å². The summed E-state index contributed by atoms with van der Waals surface area (Å²) in [6.45, 7) is 3.98. The summed E-state index contributed by atoms with van der Waals surface area (Å²) >= 11 is 0. The number of hydrogen-bond donors (Lipinski definition) is 1. The molecule has 0 spiro atoms.